The maximum absolute atomic E-state index is 12.5. The second-order valence-electron chi connectivity index (χ2n) is 7.13. The Labute approximate surface area is 184 Å². The molecule has 0 saturated carbocycles. The molecule has 9 heteroatoms. The van der Waals surface area contributed by atoms with E-state index in [9.17, 15) is 18.0 Å². The number of amides is 2. The standard InChI is InChI=1S/C22H30N4O4S/c1-5-26(6-2)31(29,30)20-13-11-18(12-14-20)23-15-22(28)25(4)16-21(27)24-19-9-7-17(3)8-10-19/h7-14,23H,5-6,15-16H2,1-4H3,(H,24,27). The van der Waals surface area contributed by atoms with E-state index in [-0.39, 0.29) is 29.8 Å². The van der Waals surface area contributed by atoms with Gasteiger partial charge in [0.15, 0.2) is 0 Å². The second-order valence-corrected chi connectivity index (χ2v) is 9.07. The van der Waals surface area contributed by atoms with Crippen molar-refractivity contribution in [2.75, 3.05) is 43.9 Å². The van der Waals surface area contributed by atoms with Gasteiger partial charge >= 0.3 is 0 Å². The van der Waals surface area contributed by atoms with Crippen molar-refractivity contribution in [2.45, 2.75) is 25.7 Å². The number of likely N-dealkylation sites (N-methyl/N-ethyl adjacent to an activating group) is 1. The summed E-state index contributed by atoms with van der Waals surface area (Å²) in [6, 6.07) is 13.7. The summed E-state index contributed by atoms with van der Waals surface area (Å²) < 4.78 is 26.4. The van der Waals surface area contributed by atoms with E-state index in [0.29, 0.717) is 24.5 Å². The van der Waals surface area contributed by atoms with Crippen LogP contribution in [0.4, 0.5) is 11.4 Å². The fourth-order valence-corrected chi connectivity index (χ4v) is 4.37. The van der Waals surface area contributed by atoms with Crippen LogP contribution in [0.25, 0.3) is 0 Å². The van der Waals surface area contributed by atoms with Gasteiger partial charge in [0.1, 0.15) is 0 Å². The SMILES string of the molecule is CCN(CC)S(=O)(=O)c1ccc(NCC(=O)N(C)CC(=O)Nc2ccc(C)cc2)cc1. The zero-order valence-electron chi connectivity index (χ0n) is 18.4. The lowest BCUT2D eigenvalue weighted by Gasteiger charge is -2.19. The number of nitrogens with one attached hydrogen (secondary N) is 2. The number of benzene rings is 2. The van der Waals surface area contributed by atoms with Crippen molar-refractivity contribution in [1.29, 1.82) is 0 Å². The third-order valence-electron chi connectivity index (χ3n) is 4.78. The molecular formula is C22H30N4O4S. The number of aryl methyl sites for hydroxylation is 1. The van der Waals surface area contributed by atoms with Gasteiger partial charge in [0.25, 0.3) is 0 Å². The van der Waals surface area contributed by atoms with Crippen LogP contribution in [0.1, 0.15) is 19.4 Å². The van der Waals surface area contributed by atoms with Crippen LogP contribution in [0.5, 0.6) is 0 Å². The Hall–Kier alpha value is -2.91. The minimum atomic E-state index is -3.52. The van der Waals surface area contributed by atoms with Gasteiger partial charge in [0.2, 0.25) is 21.8 Å². The largest absolute Gasteiger partial charge is 0.376 e. The first-order valence-corrected chi connectivity index (χ1v) is 11.6. The van der Waals surface area contributed by atoms with Gasteiger partial charge in [-0.1, -0.05) is 31.5 Å². The highest BCUT2D eigenvalue weighted by molar-refractivity contribution is 7.89. The van der Waals surface area contributed by atoms with Gasteiger partial charge in [-0.15, -0.1) is 0 Å². The van der Waals surface area contributed by atoms with Crippen LogP contribution in [0.2, 0.25) is 0 Å². The topological polar surface area (TPSA) is 98.8 Å². The zero-order chi connectivity index (χ0) is 23.0. The molecule has 0 fully saturated rings. The Kier molecular flexibility index (Phi) is 8.58. The third-order valence-corrected chi connectivity index (χ3v) is 6.85. The van der Waals surface area contributed by atoms with Crippen molar-refractivity contribution in [3.05, 3.63) is 54.1 Å². The molecule has 0 spiro atoms. The minimum absolute atomic E-state index is 0.0174. The van der Waals surface area contributed by atoms with Crippen molar-refractivity contribution >= 4 is 33.2 Å². The average molecular weight is 447 g/mol. The van der Waals surface area contributed by atoms with Crippen molar-refractivity contribution in [2.24, 2.45) is 0 Å². The monoisotopic (exact) mass is 446 g/mol. The molecule has 168 valence electrons. The number of hydrogen-bond acceptors (Lipinski definition) is 5. The fraction of sp³-hybridized carbons (Fsp3) is 0.364. The Morgan fingerprint density at radius 2 is 1.45 bits per heavy atom. The lowest BCUT2D eigenvalue weighted by atomic mass is 10.2. The van der Waals surface area contributed by atoms with E-state index in [1.165, 1.54) is 21.3 Å². The molecule has 2 aromatic rings. The van der Waals surface area contributed by atoms with Crippen molar-refractivity contribution < 1.29 is 18.0 Å². The van der Waals surface area contributed by atoms with E-state index in [1.54, 1.807) is 45.2 Å². The van der Waals surface area contributed by atoms with Crippen LogP contribution in [0, 0.1) is 6.92 Å². The van der Waals surface area contributed by atoms with E-state index in [4.69, 9.17) is 0 Å². The summed E-state index contributed by atoms with van der Waals surface area (Å²) >= 11 is 0. The fourth-order valence-electron chi connectivity index (χ4n) is 2.91. The normalized spacial score (nSPS) is 11.3. The zero-order valence-corrected chi connectivity index (χ0v) is 19.2. The summed E-state index contributed by atoms with van der Waals surface area (Å²) in [6.45, 7) is 6.25. The van der Waals surface area contributed by atoms with Gasteiger partial charge in [-0.3, -0.25) is 9.59 Å². The molecule has 2 amide bonds. The molecule has 2 aromatic carbocycles. The van der Waals surface area contributed by atoms with Crippen LogP contribution in [-0.4, -0.2) is 62.7 Å². The van der Waals surface area contributed by atoms with Crippen molar-refractivity contribution in [1.82, 2.24) is 9.21 Å². The summed E-state index contributed by atoms with van der Waals surface area (Å²) in [7, 11) is -1.96. The van der Waals surface area contributed by atoms with Crippen LogP contribution in [-0.2, 0) is 19.6 Å². The molecule has 0 radical (unpaired) electrons. The van der Waals surface area contributed by atoms with Crippen LogP contribution >= 0.6 is 0 Å². The van der Waals surface area contributed by atoms with Gasteiger partial charge < -0.3 is 15.5 Å². The number of rotatable bonds is 10. The highest BCUT2D eigenvalue weighted by Crippen LogP contribution is 2.18. The molecule has 31 heavy (non-hydrogen) atoms. The molecule has 0 saturated heterocycles. The summed E-state index contributed by atoms with van der Waals surface area (Å²) in [5, 5.41) is 5.71. The molecular weight excluding hydrogens is 416 g/mol. The summed E-state index contributed by atoms with van der Waals surface area (Å²) in [5.74, 6) is -0.551. The van der Waals surface area contributed by atoms with Gasteiger partial charge in [0.05, 0.1) is 18.0 Å². The average Bonchev–Trinajstić information content (AvgIpc) is 2.74. The van der Waals surface area contributed by atoms with Gasteiger partial charge in [-0.25, -0.2) is 8.42 Å². The lowest BCUT2D eigenvalue weighted by Crippen LogP contribution is -2.38. The van der Waals surface area contributed by atoms with E-state index in [1.807, 2.05) is 19.1 Å². The first-order chi connectivity index (χ1) is 14.7. The molecule has 0 aliphatic carbocycles. The highest BCUT2D eigenvalue weighted by Gasteiger charge is 2.21. The van der Waals surface area contributed by atoms with Crippen molar-refractivity contribution in [3.8, 4) is 0 Å². The van der Waals surface area contributed by atoms with Gasteiger partial charge in [-0.05, 0) is 43.3 Å². The quantitative estimate of drug-likeness (QED) is 0.584. The van der Waals surface area contributed by atoms with E-state index >= 15 is 0 Å². The molecule has 0 aliphatic heterocycles. The second kappa shape index (κ2) is 10.9. The first kappa shape index (κ1) is 24.4. The highest BCUT2D eigenvalue weighted by atomic mass is 32.2. The Morgan fingerprint density at radius 3 is 2.00 bits per heavy atom. The van der Waals surface area contributed by atoms with Crippen LogP contribution < -0.4 is 10.6 Å². The summed E-state index contributed by atoms with van der Waals surface area (Å²) in [5.41, 5.74) is 2.38. The van der Waals surface area contributed by atoms with E-state index in [2.05, 4.69) is 10.6 Å². The van der Waals surface area contributed by atoms with Crippen LogP contribution in [0.15, 0.2) is 53.4 Å². The molecule has 2 rings (SSSR count). The van der Waals surface area contributed by atoms with E-state index in [0.717, 1.165) is 5.56 Å². The third kappa shape index (κ3) is 6.80. The Balaban J connectivity index is 1.87. The number of nitrogens with zero attached hydrogens (tertiary/aromatic N) is 2. The predicted octanol–water partition coefficient (Wildman–Crippen LogP) is 2.53. The minimum Gasteiger partial charge on any atom is -0.376 e. The first-order valence-electron chi connectivity index (χ1n) is 10.1. The molecule has 0 aliphatic rings. The Morgan fingerprint density at radius 1 is 0.903 bits per heavy atom. The smallest absolute Gasteiger partial charge is 0.243 e. The Bertz CT molecular complexity index is 985. The summed E-state index contributed by atoms with van der Waals surface area (Å²) in [4.78, 5) is 26.0. The van der Waals surface area contributed by atoms with Crippen LogP contribution in [0.3, 0.4) is 0 Å². The molecule has 0 heterocycles. The van der Waals surface area contributed by atoms with E-state index < -0.39 is 10.0 Å². The molecule has 8 nitrogen and oxygen atoms in total. The number of carbonyl (C=O) groups excluding carboxylic acids is 2. The van der Waals surface area contributed by atoms with Crippen molar-refractivity contribution in [3.63, 3.8) is 0 Å². The number of hydrogen-bond donors (Lipinski definition) is 2. The maximum atomic E-state index is 12.5. The van der Waals surface area contributed by atoms with Gasteiger partial charge in [0, 0.05) is 31.5 Å². The number of carbonyl (C=O) groups is 2. The number of anilines is 2. The number of sulfonamides is 1. The maximum Gasteiger partial charge on any atom is 0.243 e. The molecule has 0 aromatic heterocycles. The molecule has 0 bridgehead atoms. The lowest BCUT2D eigenvalue weighted by molar-refractivity contribution is -0.131. The predicted molar refractivity (Wildman–Crippen MR) is 122 cm³/mol. The molecule has 0 unspecified atom stereocenters. The molecule has 0 atom stereocenters. The molecule has 2 N–H and O–H groups in total. The van der Waals surface area contributed by atoms with Gasteiger partial charge in [-0.2, -0.15) is 4.31 Å². The summed E-state index contributed by atoms with van der Waals surface area (Å²) in [6.07, 6.45) is 0.